The highest BCUT2D eigenvalue weighted by Crippen LogP contribution is 1.92. The van der Waals surface area contributed by atoms with Crippen molar-refractivity contribution >= 4 is 0 Å². The molecule has 0 radical (unpaired) electrons. The van der Waals surface area contributed by atoms with E-state index >= 15 is 0 Å². The summed E-state index contributed by atoms with van der Waals surface area (Å²) >= 11 is 0. The molecular formula is C9H15NO2. The van der Waals surface area contributed by atoms with Crippen LogP contribution in [0.15, 0.2) is 12.8 Å². The van der Waals surface area contributed by atoms with E-state index in [1.54, 1.807) is 0 Å². The van der Waals surface area contributed by atoms with Crippen LogP contribution in [0.4, 0.5) is 0 Å². The van der Waals surface area contributed by atoms with Crippen molar-refractivity contribution in [2.24, 2.45) is 0 Å². The lowest BCUT2D eigenvalue weighted by Gasteiger charge is -2.01. The molecule has 0 aliphatic heterocycles. The average molecular weight is 169 g/mol. The molecule has 68 valence electrons. The normalized spacial score (nSPS) is 8.92. The first-order valence-electron chi connectivity index (χ1n) is 4.09. The summed E-state index contributed by atoms with van der Waals surface area (Å²) in [7, 11) is 0. The Balaban J connectivity index is 2.82. The molecule has 0 atom stereocenters. The second kappa shape index (κ2) is 9.99. The molecule has 3 heteroatoms. The Labute approximate surface area is 73.6 Å². The molecule has 0 unspecified atom stereocenters. The number of unbranched alkanes of at least 4 members (excludes halogenated alkanes) is 1. The molecule has 0 aromatic rings. The van der Waals surface area contributed by atoms with Gasteiger partial charge in [0.15, 0.2) is 0 Å². The maximum atomic E-state index is 8.18. The summed E-state index contributed by atoms with van der Waals surface area (Å²) in [4.78, 5) is 0. The Morgan fingerprint density at radius 3 is 2.67 bits per heavy atom. The number of rotatable bonds is 8. The van der Waals surface area contributed by atoms with E-state index in [0.717, 1.165) is 12.8 Å². The van der Waals surface area contributed by atoms with E-state index in [1.165, 1.54) is 6.26 Å². The fraction of sp³-hybridized carbons (Fsp3) is 0.667. The SMILES string of the molecule is C=COCCCCOCCC#N. The van der Waals surface area contributed by atoms with Gasteiger partial charge in [-0.1, -0.05) is 6.58 Å². The molecule has 0 aromatic heterocycles. The summed E-state index contributed by atoms with van der Waals surface area (Å²) in [6.07, 6.45) is 3.86. The van der Waals surface area contributed by atoms with Gasteiger partial charge in [-0.2, -0.15) is 5.26 Å². The first kappa shape index (κ1) is 11.0. The molecule has 0 rings (SSSR count). The largest absolute Gasteiger partial charge is 0.502 e. The summed E-state index contributed by atoms with van der Waals surface area (Å²) in [5.74, 6) is 0. The van der Waals surface area contributed by atoms with E-state index in [4.69, 9.17) is 14.7 Å². The molecule has 0 saturated carbocycles. The Morgan fingerprint density at radius 2 is 2.00 bits per heavy atom. The predicted molar refractivity (Wildman–Crippen MR) is 46.4 cm³/mol. The van der Waals surface area contributed by atoms with Crippen LogP contribution in [0.1, 0.15) is 19.3 Å². The molecule has 0 aliphatic rings. The van der Waals surface area contributed by atoms with Crippen LogP contribution in [0.3, 0.4) is 0 Å². The molecule has 0 aromatic carbocycles. The minimum Gasteiger partial charge on any atom is -0.502 e. The summed E-state index contributed by atoms with van der Waals surface area (Å²) in [5, 5.41) is 8.18. The lowest BCUT2D eigenvalue weighted by molar-refractivity contribution is 0.128. The molecule has 0 aliphatic carbocycles. The molecule has 0 saturated heterocycles. The number of ether oxygens (including phenoxy) is 2. The molecule has 12 heavy (non-hydrogen) atoms. The number of hydrogen-bond acceptors (Lipinski definition) is 3. The van der Waals surface area contributed by atoms with Gasteiger partial charge in [0.2, 0.25) is 0 Å². The zero-order valence-corrected chi connectivity index (χ0v) is 7.29. The van der Waals surface area contributed by atoms with E-state index in [-0.39, 0.29) is 0 Å². The van der Waals surface area contributed by atoms with Gasteiger partial charge in [0.25, 0.3) is 0 Å². The van der Waals surface area contributed by atoms with E-state index in [9.17, 15) is 0 Å². The van der Waals surface area contributed by atoms with Gasteiger partial charge in [-0.3, -0.25) is 0 Å². The topological polar surface area (TPSA) is 42.2 Å². The maximum Gasteiger partial charge on any atom is 0.0873 e. The van der Waals surface area contributed by atoms with Crippen LogP contribution in [0.2, 0.25) is 0 Å². The Morgan fingerprint density at radius 1 is 1.25 bits per heavy atom. The predicted octanol–water partition coefficient (Wildman–Crippen LogP) is 1.86. The highest BCUT2D eigenvalue weighted by atomic mass is 16.5. The highest BCUT2D eigenvalue weighted by molar-refractivity contribution is 4.66. The van der Waals surface area contributed by atoms with Crippen molar-refractivity contribution in [1.82, 2.24) is 0 Å². The van der Waals surface area contributed by atoms with Crippen LogP contribution in [-0.4, -0.2) is 19.8 Å². The zero-order chi connectivity index (χ0) is 9.07. The third-order valence-electron chi connectivity index (χ3n) is 1.28. The van der Waals surface area contributed by atoms with Crippen molar-refractivity contribution in [3.63, 3.8) is 0 Å². The highest BCUT2D eigenvalue weighted by Gasteiger charge is 1.88. The molecule has 0 N–H and O–H groups in total. The van der Waals surface area contributed by atoms with Crippen molar-refractivity contribution in [2.75, 3.05) is 19.8 Å². The van der Waals surface area contributed by atoms with Crippen LogP contribution in [-0.2, 0) is 9.47 Å². The average Bonchev–Trinajstić information content (AvgIpc) is 2.10. The van der Waals surface area contributed by atoms with Gasteiger partial charge in [0.1, 0.15) is 0 Å². The Bertz CT molecular complexity index is 140. The smallest absolute Gasteiger partial charge is 0.0873 e. The van der Waals surface area contributed by atoms with Crippen LogP contribution >= 0.6 is 0 Å². The molecule has 0 spiro atoms. The lowest BCUT2D eigenvalue weighted by Crippen LogP contribution is -1.97. The van der Waals surface area contributed by atoms with Crippen molar-refractivity contribution in [3.05, 3.63) is 12.8 Å². The van der Waals surface area contributed by atoms with Crippen LogP contribution in [0, 0.1) is 11.3 Å². The number of hydrogen-bond donors (Lipinski definition) is 0. The molecule has 0 heterocycles. The van der Waals surface area contributed by atoms with Gasteiger partial charge in [0, 0.05) is 6.61 Å². The van der Waals surface area contributed by atoms with Gasteiger partial charge in [0.05, 0.1) is 32.0 Å². The molecule has 0 amide bonds. The summed E-state index contributed by atoms with van der Waals surface area (Å²) in [5.41, 5.74) is 0. The number of nitriles is 1. The Kier molecular flexibility index (Phi) is 9.15. The fourth-order valence-electron chi connectivity index (χ4n) is 0.693. The van der Waals surface area contributed by atoms with Crippen LogP contribution in [0.25, 0.3) is 0 Å². The molecule has 3 nitrogen and oxygen atoms in total. The van der Waals surface area contributed by atoms with Gasteiger partial charge in [-0.25, -0.2) is 0 Å². The second-order valence-electron chi connectivity index (χ2n) is 2.27. The van der Waals surface area contributed by atoms with Crippen molar-refractivity contribution in [1.29, 1.82) is 5.26 Å². The molecular weight excluding hydrogens is 154 g/mol. The van der Waals surface area contributed by atoms with Gasteiger partial charge in [-0.15, -0.1) is 0 Å². The quantitative estimate of drug-likeness (QED) is 0.411. The summed E-state index contributed by atoms with van der Waals surface area (Å²) in [6, 6.07) is 2.02. The second-order valence-corrected chi connectivity index (χ2v) is 2.27. The standard InChI is InChI=1S/C9H15NO2/c1-2-11-7-3-4-8-12-9-5-6-10/h2H,1,3-5,7-9H2. The van der Waals surface area contributed by atoms with E-state index in [0.29, 0.717) is 26.2 Å². The molecule has 0 bridgehead atoms. The molecule has 0 fully saturated rings. The first-order chi connectivity index (χ1) is 5.91. The van der Waals surface area contributed by atoms with Gasteiger partial charge < -0.3 is 9.47 Å². The third-order valence-corrected chi connectivity index (χ3v) is 1.28. The minimum atomic E-state index is 0.475. The van der Waals surface area contributed by atoms with Crippen molar-refractivity contribution in [2.45, 2.75) is 19.3 Å². The van der Waals surface area contributed by atoms with E-state index in [1.807, 2.05) is 6.07 Å². The van der Waals surface area contributed by atoms with E-state index in [2.05, 4.69) is 6.58 Å². The minimum absolute atomic E-state index is 0.475. The monoisotopic (exact) mass is 169 g/mol. The van der Waals surface area contributed by atoms with Crippen LogP contribution in [0.5, 0.6) is 0 Å². The van der Waals surface area contributed by atoms with E-state index < -0.39 is 0 Å². The lowest BCUT2D eigenvalue weighted by atomic mass is 10.3. The van der Waals surface area contributed by atoms with Crippen molar-refractivity contribution < 1.29 is 9.47 Å². The maximum absolute atomic E-state index is 8.18. The van der Waals surface area contributed by atoms with Crippen molar-refractivity contribution in [3.8, 4) is 6.07 Å². The fourth-order valence-corrected chi connectivity index (χ4v) is 0.693. The number of nitrogens with zero attached hydrogens (tertiary/aromatic N) is 1. The van der Waals surface area contributed by atoms with Crippen LogP contribution < -0.4 is 0 Å². The summed E-state index contributed by atoms with van der Waals surface area (Å²) in [6.45, 7) is 5.38. The third kappa shape index (κ3) is 8.99. The van der Waals surface area contributed by atoms with Gasteiger partial charge >= 0.3 is 0 Å². The summed E-state index contributed by atoms with van der Waals surface area (Å²) < 4.78 is 10.1. The van der Waals surface area contributed by atoms with Gasteiger partial charge in [-0.05, 0) is 12.8 Å². The first-order valence-corrected chi connectivity index (χ1v) is 4.09. The zero-order valence-electron chi connectivity index (χ0n) is 7.29. The Hall–Kier alpha value is -1.01.